The first kappa shape index (κ1) is 13.2. The molecule has 0 bridgehead atoms. The zero-order valence-corrected chi connectivity index (χ0v) is 11.7. The van der Waals surface area contributed by atoms with Crippen molar-refractivity contribution >= 4 is 17.3 Å². The van der Waals surface area contributed by atoms with Gasteiger partial charge in [-0.15, -0.1) is 16.4 Å². The number of hydrogen-bond donors (Lipinski definition) is 1. The number of aliphatic carboxylic acids is 1. The zero-order chi connectivity index (χ0) is 14.0. The van der Waals surface area contributed by atoms with Crippen molar-refractivity contribution < 1.29 is 9.90 Å². The van der Waals surface area contributed by atoms with Crippen LogP contribution in [0.25, 0.3) is 11.5 Å². The van der Waals surface area contributed by atoms with Gasteiger partial charge in [0.15, 0.2) is 0 Å². The number of rotatable bonds is 4. The molecule has 8 heteroatoms. The van der Waals surface area contributed by atoms with E-state index in [1.807, 2.05) is 5.38 Å². The number of carboxylic acids is 1. The number of aromatic nitrogens is 5. The fourth-order valence-corrected chi connectivity index (χ4v) is 3.30. The van der Waals surface area contributed by atoms with Gasteiger partial charge in [-0.05, 0) is 23.3 Å². The summed E-state index contributed by atoms with van der Waals surface area (Å²) in [5.74, 6) is -0.214. The molecule has 0 aromatic carbocycles. The van der Waals surface area contributed by atoms with Gasteiger partial charge in [-0.3, -0.25) is 4.79 Å². The molecule has 0 spiro atoms. The highest BCUT2D eigenvalue weighted by molar-refractivity contribution is 7.07. The van der Waals surface area contributed by atoms with Gasteiger partial charge in [0.2, 0.25) is 5.82 Å². The highest BCUT2D eigenvalue weighted by Crippen LogP contribution is 2.38. The molecule has 0 unspecified atom stereocenters. The van der Waals surface area contributed by atoms with Crippen LogP contribution in [0, 0.1) is 5.41 Å². The van der Waals surface area contributed by atoms with Crippen molar-refractivity contribution in [2.24, 2.45) is 5.41 Å². The monoisotopic (exact) mass is 293 g/mol. The van der Waals surface area contributed by atoms with Crippen LogP contribution < -0.4 is 0 Å². The largest absolute Gasteiger partial charge is 0.481 e. The molecular formula is C12H15N5O2S. The number of carboxylic acid groups (broad SMARTS) is 1. The second-order valence-corrected chi connectivity index (χ2v) is 5.90. The molecule has 1 fully saturated rings. The number of nitrogens with zero attached hydrogens (tertiary/aromatic N) is 5. The Morgan fingerprint density at radius 3 is 2.85 bits per heavy atom. The first-order chi connectivity index (χ1) is 9.71. The van der Waals surface area contributed by atoms with Crippen LogP contribution in [-0.4, -0.2) is 36.3 Å². The topological polar surface area (TPSA) is 93.8 Å². The second kappa shape index (κ2) is 5.28. The second-order valence-electron chi connectivity index (χ2n) is 5.18. The van der Waals surface area contributed by atoms with Crippen molar-refractivity contribution in [1.29, 1.82) is 0 Å². The first-order valence-electron chi connectivity index (χ1n) is 6.59. The van der Waals surface area contributed by atoms with Gasteiger partial charge in [0.1, 0.15) is 5.69 Å². The fourth-order valence-electron chi connectivity index (χ4n) is 2.77. The molecule has 1 aliphatic carbocycles. The third-order valence-corrected chi connectivity index (χ3v) is 4.50. The summed E-state index contributed by atoms with van der Waals surface area (Å²) in [7, 11) is 0. The molecule has 0 amide bonds. The molecule has 7 nitrogen and oxygen atoms in total. The van der Waals surface area contributed by atoms with Crippen LogP contribution in [0.3, 0.4) is 0 Å². The summed E-state index contributed by atoms with van der Waals surface area (Å²) in [6, 6.07) is 0. The number of tetrazole rings is 1. The van der Waals surface area contributed by atoms with Gasteiger partial charge in [0.05, 0.1) is 17.5 Å². The molecule has 106 valence electrons. The quantitative estimate of drug-likeness (QED) is 0.924. The van der Waals surface area contributed by atoms with E-state index in [0.29, 0.717) is 30.9 Å². The van der Waals surface area contributed by atoms with Gasteiger partial charge in [-0.25, -0.2) is 9.67 Å². The molecule has 0 atom stereocenters. The van der Waals surface area contributed by atoms with Crippen LogP contribution in [0.1, 0.15) is 32.1 Å². The van der Waals surface area contributed by atoms with E-state index < -0.39 is 11.4 Å². The summed E-state index contributed by atoms with van der Waals surface area (Å²) >= 11 is 1.46. The molecular weight excluding hydrogens is 278 g/mol. The van der Waals surface area contributed by atoms with Crippen molar-refractivity contribution in [1.82, 2.24) is 25.2 Å². The molecule has 0 saturated heterocycles. The minimum atomic E-state index is -0.753. The molecule has 1 N–H and O–H groups in total. The summed E-state index contributed by atoms with van der Waals surface area (Å²) in [6.07, 6.45) is 4.35. The third kappa shape index (κ3) is 2.31. The summed E-state index contributed by atoms with van der Waals surface area (Å²) in [5, 5.41) is 23.1. The van der Waals surface area contributed by atoms with E-state index in [1.54, 1.807) is 10.2 Å². The zero-order valence-electron chi connectivity index (χ0n) is 10.9. The van der Waals surface area contributed by atoms with Gasteiger partial charge in [-0.1, -0.05) is 19.3 Å². The Bertz CT molecular complexity index is 589. The minimum Gasteiger partial charge on any atom is -0.481 e. The molecule has 20 heavy (non-hydrogen) atoms. The number of hydrogen-bond acceptors (Lipinski definition) is 6. The Balaban J connectivity index is 1.90. The van der Waals surface area contributed by atoms with E-state index >= 15 is 0 Å². The van der Waals surface area contributed by atoms with E-state index in [-0.39, 0.29) is 0 Å². The third-order valence-electron chi connectivity index (χ3n) is 3.91. The minimum absolute atomic E-state index is 0.308. The summed E-state index contributed by atoms with van der Waals surface area (Å²) < 4.78 is 1.58. The normalized spacial score (nSPS) is 18.0. The molecule has 3 rings (SSSR count). The van der Waals surface area contributed by atoms with E-state index in [9.17, 15) is 9.90 Å². The smallest absolute Gasteiger partial charge is 0.311 e. The molecule has 2 aromatic heterocycles. The molecule has 0 radical (unpaired) electrons. The van der Waals surface area contributed by atoms with Crippen molar-refractivity contribution in [3.63, 3.8) is 0 Å². The first-order valence-corrected chi connectivity index (χ1v) is 7.54. The SMILES string of the molecule is O=C(O)C1(Cn2nnnc2-c2cscn2)CCCCC1. The molecule has 0 aliphatic heterocycles. The van der Waals surface area contributed by atoms with Crippen molar-refractivity contribution in [2.45, 2.75) is 38.6 Å². The molecule has 2 heterocycles. The van der Waals surface area contributed by atoms with Gasteiger partial charge >= 0.3 is 5.97 Å². The lowest BCUT2D eigenvalue weighted by Gasteiger charge is -2.32. The lowest BCUT2D eigenvalue weighted by Crippen LogP contribution is -2.38. The molecule has 1 aliphatic rings. The van der Waals surface area contributed by atoms with Gasteiger partial charge in [0, 0.05) is 5.38 Å². The summed E-state index contributed by atoms with van der Waals surface area (Å²) in [5.41, 5.74) is 1.65. The highest BCUT2D eigenvalue weighted by atomic mass is 32.1. The summed E-state index contributed by atoms with van der Waals surface area (Å²) in [4.78, 5) is 15.9. The highest BCUT2D eigenvalue weighted by Gasteiger charge is 2.41. The van der Waals surface area contributed by atoms with Crippen LogP contribution in [0.4, 0.5) is 0 Å². The van der Waals surface area contributed by atoms with Crippen molar-refractivity contribution in [2.75, 3.05) is 0 Å². The number of carbonyl (C=O) groups is 1. The van der Waals surface area contributed by atoms with Crippen LogP contribution >= 0.6 is 11.3 Å². The Hall–Kier alpha value is -1.83. The van der Waals surface area contributed by atoms with Crippen molar-refractivity contribution in [3.8, 4) is 11.5 Å². The van der Waals surface area contributed by atoms with Gasteiger partial charge in [0.25, 0.3) is 0 Å². The predicted molar refractivity (Wildman–Crippen MR) is 72.1 cm³/mol. The van der Waals surface area contributed by atoms with E-state index in [0.717, 1.165) is 19.3 Å². The maximum atomic E-state index is 11.7. The van der Waals surface area contributed by atoms with E-state index in [4.69, 9.17) is 0 Å². The lowest BCUT2D eigenvalue weighted by atomic mass is 9.74. The Morgan fingerprint density at radius 2 is 2.20 bits per heavy atom. The average Bonchev–Trinajstić information content (AvgIpc) is 3.10. The van der Waals surface area contributed by atoms with Crippen molar-refractivity contribution in [3.05, 3.63) is 10.9 Å². The maximum Gasteiger partial charge on any atom is 0.311 e. The van der Waals surface area contributed by atoms with Gasteiger partial charge < -0.3 is 5.11 Å². The standard InChI is InChI=1S/C12H15N5O2S/c18-11(19)12(4-2-1-3-5-12)7-17-10(14-15-16-17)9-6-20-8-13-9/h6,8H,1-5,7H2,(H,18,19). The Kier molecular flexibility index (Phi) is 3.47. The van der Waals surface area contributed by atoms with Crippen LogP contribution in [0.2, 0.25) is 0 Å². The van der Waals surface area contributed by atoms with Crippen LogP contribution in [0.15, 0.2) is 10.9 Å². The average molecular weight is 293 g/mol. The molecule has 1 saturated carbocycles. The predicted octanol–water partition coefficient (Wildman–Crippen LogP) is 1.83. The van der Waals surface area contributed by atoms with Crippen LogP contribution in [-0.2, 0) is 11.3 Å². The number of thiazole rings is 1. The van der Waals surface area contributed by atoms with Gasteiger partial charge in [-0.2, -0.15) is 0 Å². The Morgan fingerprint density at radius 1 is 1.40 bits per heavy atom. The maximum absolute atomic E-state index is 11.7. The lowest BCUT2D eigenvalue weighted by molar-refractivity contribution is -0.152. The molecule has 2 aromatic rings. The van der Waals surface area contributed by atoms with E-state index in [2.05, 4.69) is 20.5 Å². The van der Waals surface area contributed by atoms with E-state index in [1.165, 1.54) is 11.3 Å². The Labute approximate surface area is 119 Å². The van der Waals surface area contributed by atoms with Crippen LogP contribution in [0.5, 0.6) is 0 Å². The fraction of sp³-hybridized carbons (Fsp3) is 0.583. The summed E-state index contributed by atoms with van der Waals surface area (Å²) in [6.45, 7) is 0.308.